The van der Waals surface area contributed by atoms with Gasteiger partial charge in [0, 0.05) is 10.9 Å². The summed E-state index contributed by atoms with van der Waals surface area (Å²) in [4.78, 5) is 23.9. The number of para-hydroxylation sites is 2. The number of aryl methyl sites for hydroxylation is 1. The van der Waals surface area contributed by atoms with Gasteiger partial charge in [-0.25, -0.2) is 0 Å². The minimum atomic E-state index is -0.284. The third-order valence-electron chi connectivity index (χ3n) is 4.23. The summed E-state index contributed by atoms with van der Waals surface area (Å²) in [5.74, 6) is 0.588. The van der Waals surface area contributed by atoms with Gasteiger partial charge >= 0.3 is 0 Å². The Balaban J connectivity index is 1.55. The molecular weight excluding hydrogens is 320 g/mol. The van der Waals surface area contributed by atoms with Gasteiger partial charge in [-0.3, -0.25) is 9.59 Å². The minimum Gasteiger partial charge on any atom is -0.481 e. The first-order valence-corrected chi connectivity index (χ1v) is 7.94. The number of hydrogen-bond acceptors (Lipinski definition) is 4. The van der Waals surface area contributed by atoms with Gasteiger partial charge in [0.1, 0.15) is 11.3 Å². The van der Waals surface area contributed by atoms with Crippen molar-refractivity contribution in [3.05, 3.63) is 59.4 Å². The summed E-state index contributed by atoms with van der Waals surface area (Å²) in [6, 6.07) is 12.8. The number of fused-ring (bicyclic) bond motifs is 2. The number of amides is 2. The molecule has 0 saturated heterocycles. The van der Waals surface area contributed by atoms with Crippen LogP contribution >= 0.6 is 0 Å². The molecule has 0 fully saturated rings. The first-order chi connectivity index (χ1) is 12.1. The highest BCUT2D eigenvalue weighted by atomic mass is 16.5. The molecule has 2 N–H and O–H groups in total. The van der Waals surface area contributed by atoms with Crippen molar-refractivity contribution in [3.8, 4) is 5.75 Å². The number of carbonyl (C=O) groups is 2. The van der Waals surface area contributed by atoms with Crippen LogP contribution in [0.25, 0.3) is 11.0 Å². The second-order valence-electron chi connectivity index (χ2n) is 5.85. The van der Waals surface area contributed by atoms with E-state index in [0.717, 1.165) is 16.5 Å². The number of benzene rings is 2. The Labute approximate surface area is 143 Å². The summed E-state index contributed by atoms with van der Waals surface area (Å²) in [5.41, 5.74) is 2.69. The van der Waals surface area contributed by atoms with Gasteiger partial charge in [-0.15, -0.1) is 0 Å². The van der Waals surface area contributed by atoms with Crippen LogP contribution in [0, 0.1) is 6.92 Å². The molecule has 6 heteroatoms. The highest BCUT2D eigenvalue weighted by Crippen LogP contribution is 2.31. The molecule has 2 amide bonds. The molecule has 0 unspecified atom stereocenters. The van der Waals surface area contributed by atoms with E-state index < -0.39 is 0 Å². The van der Waals surface area contributed by atoms with Gasteiger partial charge in [-0.1, -0.05) is 24.3 Å². The third kappa shape index (κ3) is 2.71. The topological polar surface area (TPSA) is 80.6 Å². The fraction of sp³-hybridized carbons (Fsp3) is 0.158. The normalized spacial score (nSPS) is 13.1. The lowest BCUT2D eigenvalue weighted by atomic mass is 10.1. The lowest BCUT2D eigenvalue weighted by Gasteiger charge is -2.20. The van der Waals surface area contributed by atoms with Crippen molar-refractivity contribution in [1.29, 1.82) is 0 Å². The van der Waals surface area contributed by atoms with Crippen LogP contribution in [0.4, 0.5) is 5.69 Å². The van der Waals surface area contributed by atoms with Crippen molar-refractivity contribution in [2.45, 2.75) is 13.5 Å². The predicted molar refractivity (Wildman–Crippen MR) is 92.7 cm³/mol. The van der Waals surface area contributed by atoms with Crippen LogP contribution in [0.5, 0.6) is 5.75 Å². The Morgan fingerprint density at radius 1 is 1.20 bits per heavy atom. The van der Waals surface area contributed by atoms with Gasteiger partial charge < -0.3 is 19.8 Å². The molecule has 0 radical (unpaired) electrons. The number of nitrogens with one attached hydrogen (secondary N) is 2. The minimum absolute atomic E-state index is 0.0972. The van der Waals surface area contributed by atoms with E-state index in [2.05, 4.69) is 10.6 Å². The fourth-order valence-corrected chi connectivity index (χ4v) is 2.94. The Morgan fingerprint density at radius 2 is 2.04 bits per heavy atom. The van der Waals surface area contributed by atoms with Crippen molar-refractivity contribution in [3.63, 3.8) is 0 Å². The Kier molecular flexibility index (Phi) is 3.65. The van der Waals surface area contributed by atoms with Gasteiger partial charge in [0.2, 0.25) is 0 Å². The molecule has 6 nitrogen and oxygen atoms in total. The van der Waals surface area contributed by atoms with E-state index in [1.54, 1.807) is 18.2 Å². The monoisotopic (exact) mass is 336 g/mol. The van der Waals surface area contributed by atoms with Gasteiger partial charge in [0.25, 0.3) is 11.8 Å². The molecule has 0 saturated carbocycles. The first kappa shape index (κ1) is 15.3. The third-order valence-corrected chi connectivity index (χ3v) is 4.23. The lowest BCUT2D eigenvalue weighted by Crippen LogP contribution is -2.29. The van der Waals surface area contributed by atoms with E-state index in [-0.39, 0.29) is 25.0 Å². The molecule has 126 valence electrons. The van der Waals surface area contributed by atoms with Gasteiger partial charge in [-0.05, 0) is 25.1 Å². The molecule has 0 spiro atoms. The van der Waals surface area contributed by atoms with Crippen LogP contribution in [0.1, 0.15) is 21.7 Å². The van der Waals surface area contributed by atoms with Crippen molar-refractivity contribution in [2.75, 3.05) is 11.9 Å². The maximum absolute atomic E-state index is 12.6. The van der Waals surface area contributed by atoms with Crippen LogP contribution in [-0.4, -0.2) is 18.4 Å². The average molecular weight is 336 g/mol. The smallest absolute Gasteiger partial charge is 0.262 e. The zero-order valence-corrected chi connectivity index (χ0v) is 13.6. The van der Waals surface area contributed by atoms with E-state index in [1.807, 2.05) is 31.2 Å². The van der Waals surface area contributed by atoms with E-state index in [4.69, 9.17) is 9.15 Å². The molecule has 3 aromatic rings. The Bertz CT molecular complexity index is 990. The first-order valence-electron chi connectivity index (χ1n) is 7.94. The highest BCUT2D eigenvalue weighted by Gasteiger charge is 2.22. The average Bonchev–Trinajstić information content (AvgIpc) is 2.95. The molecular formula is C19H16N2O4. The molecule has 1 aromatic heterocycles. The summed E-state index contributed by atoms with van der Waals surface area (Å²) in [6.07, 6.45) is 0. The van der Waals surface area contributed by atoms with Crippen molar-refractivity contribution >= 4 is 28.5 Å². The number of anilines is 1. The van der Waals surface area contributed by atoms with Crippen molar-refractivity contribution in [1.82, 2.24) is 5.32 Å². The van der Waals surface area contributed by atoms with Crippen molar-refractivity contribution < 1.29 is 18.7 Å². The van der Waals surface area contributed by atoms with Crippen molar-refractivity contribution in [2.24, 2.45) is 0 Å². The standard InChI is InChI=1S/C19H16N2O4/c1-11-12-5-2-3-8-15(12)25-16(11)9-20-19(23)13-6-4-7-14-18(13)24-10-17(22)21-14/h2-8H,9-10H2,1H3,(H,20,23)(H,21,22). The maximum atomic E-state index is 12.6. The summed E-state index contributed by atoms with van der Waals surface area (Å²) >= 11 is 0. The Morgan fingerprint density at radius 3 is 2.88 bits per heavy atom. The molecule has 2 aromatic carbocycles. The summed E-state index contributed by atoms with van der Waals surface area (Å²) < 4.78 is 11.2. The summed E-state index contributed by atoms with van der Waals surface area (Å²) in [7, 11) is 0. The zero-order chi connectivity index (χ0) is 17.4. The summed E-state index contributed by atoms with van der Waals surface area (Å²) in [6.45, 7) is 2.14. The molecule has 25 heavy (non-hydrogen) atoms. The van der Waals surface area contributed by atoms with Crippen LogP contribution < -0.4 is 15.4 Å². The molecule has 0 aliphatic carbocycles. The lowest BCUT2D eigenvalue weighted by molar-refractivity contribution is -0.118. The molecule has 4 rings (SSSR count). The van der Waals surface area contributed by atoms with Crippen LogP contribution in [0.15, 0.2) is 46.9 Å². The number of ether oxygens (including phenoxy) is 1. The maximum Gasteiger partial charge on any atom is 0.262 e. The van der Waals surface area contributed by atoms with E-state index in [1.165, 1.54) is 0 Å². The molecule has 0 bridgehead atoms. The van der Waals surface area contributed by atoms with Gasteiger partial charge in [0.05, 0.1) is 17.8 Å². The van der Waals surface area contributed by atoms with Gasteiger partial charge in [0.15, 0.2) is 12.4 Å². The van der Waals surface area contributed by atoms with Crippen LogP contribution in [0.3, 0.4) is 0 Å². The number of carbonyl (C=O) groups excluding carboxylic acids is 2. The van der Waals surface area contributed by atoms with E-state index >= 15 is 0 Å². The molecule has 2 heterocycles. The van der Waals surface area contributed by atoms with Crippen LogP contribution in [0.2, 0.25) is 0 Å². The largest absolute Gasteiger partial charge is 0.481 e. The highest BCUT2D eigenvalue weighted by molar-refractivity contribution is 6.03. The molecule has 1 aliphatic rings. The molecule has 1 aliphatic heterocycles. The fourth-order valence-electron chi connectivity index (χ4n) is 2.94. The number of rotatable bonds is 3. The number of furan rings is 1. The van der Waals surface area contributed by atoms with E-state index in [9.17, 15) is 9.59 Å². The second-order valence-corrected chi connectivity index (χ2v) is 5.85. The quantitative estimate of drug-likeness (QED) is 0.770. The van der Waals surface area contributed by atoms with Gasteiger partial charge in [-0.2, -0.15) is 0 Å². The second kappa shape index (κ2) is 5.98. The van der Waals surface area contributed by atoms with E-state index in [0.29, 0.717) is 22.8 Å². The summed E-state index contributed by atoms with van der Waals surface area (Å²) in [5, 5.41) is 6.58. The number of hydrogen-bond donors (Lipinski definition) is 2. The zero-order valence-electron chi connectivity index (χ0n) is 13.6. The molecule has 0 atom stereocenters. The Hall–Kier alpha value is -3.28. The SMILES string of the molecule is Cc1c(CNC(=O)c2cccc3c2OCC(=O)N3)oc2ccccc12. The van der Waals surface area contributed by atoms with Crippen LogP contribution in [-0.2, 0) is 11.3 Å². The predicted octanol–water partition coefficient (Wildman–Crippen LogP) is 3.00.